The number of nitrogens with zero attached hydrogens (tertiary/aromatic N) is 3. The summed E-state index contributed by atoms with van der Waals surface area (Å²) < 4.78 is 2.20. The number of anilines is 1. The molecule has 3 rings (SSSR count). The van der Waals surface area contributed by atoms with Crippen LogP contribution < -0.4 is 4.90 Å². The first kappa shape index (κ1) is 12.0. The fourth-order valence-electron chi connectivity index (χ4n) is 2.92. The molecule has 4 heteroatoms. The summed E-state index contributed by atoms with van der Waals surface area (Å²) in [6, 6.07) is 7.07. The van der Waals surface area contributed by atoms with Crippen molar-refractivity contribution in [3.63, 3.8) is 0 Å². The second-order valence-electron chi connectivity index (χ2n) is 4.86. The van der Waals surface area contributed by atoms with E-state index in [9.17, 15) is 0 Å². The van der Waals surface area contributed by atoms with Gasteiger partial charge in [0.25, 0.3) is 0 Å². The zero-order chi connectivity index (χ0) is 12.4. The number of imidazole rings is 1. The number of pyridine rings is 1. The van der Waals surface area contributed by atoms with Crippen molar-refractivity contribution in [3.8, 4) is 0 Å². The smallest absolute Gasteiger partial charge is 0.138 e. The Hall–Kier alpha value is -1.03. The predicted octanol–water partition coefficient (Wildman–Crippen LogP) is 3.48. The zero-order valence-corrected chi connectivity index (χ0v) is 12.0. The number of aromatic nitrogens is 2. The molecule has 1 aliphatic heterocycles. The van der Waals surface area contributed by atoms with Crippen LogP contribution in [-0.2, 0) is 0 Å². The van der Waals surface area contributed by atoms with Crippen LogP contribution in [0.4, 0.5) is 5.82 Å². The Labute approximate surface area is 116 Å². The Morgan fingerprint density at radius 3 is 3.22 bits per heavy atom. The molecular formula is C14H18BrN3. The molecule has 2 aromatic rings. The lowest BCUT2D eigenvalue weighted by atomic mass is 10.1. The molecule has 1 fully saturated rings. The maximum atomic E-state index is 4.37. The van der Waals surface area contributed by atoms with E-state index in [1.165, 1.54) is 38.0 Å². The minimum atomic E-state index is 0.690. The number of alkyl halides is 1. The Kier molecular flexibility index (Phi) is 3.55. The highest BCUT2D eigenvalue weighted by Crippen LogP contribution is 2.28. The molecule has 96 valence electrons. The Morgan fingerprint density at radius 1 is 1.39 bits per heavy atom. The molecule has 1 aliphatic rings. The molecule has 0 N–H and O–H groups in total. The van der Waals surface area contributed by atoms with Gasteiger partial charge in [0.05, 0.1) is 0 Å². The highest BCUT2D eigenvalue weighted by Gasteiger charge is 2.25. The number of hydrogen-bond acceptors (Lipinski definition) is 2. The molecule has 0 aromatic carbocycles. The summed E-state index contributed by atoms with van der Waals surface area (Å²) in [7, 11) is 0. The number of halogens is 1. The molecular weight excluding hydrogens is 290 g/mol. The van der Waals surface area contributed by atoms with Crippen molar-refractivity contribution in [2.45, 2.75) is 31.7 Å². The van der Waals surface area contributed by atoms with Crippen molar-refractivity contribution in [2.75, 3.05) is 16.8 Å². The topological polar surface area (TPSA) is 20.5 Å². The molecule has 0 spiro atoms. The number of rotatable bonds is 4. The van der Waals surface area contributed by atoms with Crippen LogP contribution in [0.15, 0.2) is 30.6 Å². The van der Waals surface area contributed by atoms with Gasteiger partial charge in [0.2, 0.25) is 0 Å². The molecule has 0 bridgehead atoms. The molecule has 3 heterocycles. The molecule has 0 aliphatic carbocycles. The molecule has 2 aromatic heterocycles. The van der Waals surface area contributed by atoms with E-state index >= 15 is 0 Å². The van der Waals surface area contributed by atoms with Gasteiger partial charge in [0.15, 0.2) is 0 Å². The molecule has 0 amide bonds. The third-order valence-corrected chi connectivity index (χ3v) is 4.31. The minimum Gasteiger partial charge on any atom is -0.355 e. The van der Waals surface area contributed by atoms with Gasteiger partial charge in [-0.3, -0.25) is 4.40 Å². The van der Waals surface area contributed by atoms with Crippen LogP contribution in [0.1, 0.15) is 25.7 Å². The van der Waals surface area contributed by atoms with E-state index in [1.807, 2.05) is 6.20 Å². The fraction of sp³-hybridized carbons (Fsp3) is 0.500. The largest absolute Gasteiger partial charge is 0.355 e. The van der Waals surface area contributed by atoms with Crippen molar-refractivity contribution in [1.29, 1.82) is 0 Å². The molecule has 0 radical (unpaired) electrons. The fourth-order valence-corrected chi connectivity index (χ4v) is 3.24. The van der Waals surface area contributed by atoms with Crippen LogP contribution in [0.2, 0.25) is 0 Å². The highest BCUT2D eigenvalue weighted by atomic mass is 79.9. The van der Waals surface area contributed by atoms with Crippen LogP contribution >= 0.6 is 15.9 Å². The van der Waals surface area contributed by atoms with E-state index in [0.717, 1.165) is 11.0 Å². The summed E-state index contributed by atoms with van der Waals surface area (Å²) in [5, 5.41) is 1.10. The van der Waals surface area contributed by atoms with Gasteiger partial charge in [-0.25, -0.2) is 4.98 Å². The average molecular weight is 308 g/mol. The first-order valence-electron chi connectivity index (χ1n) is 6.65. The zero-order valence-electron chi connectivity index (χ0n) is 10.4. The van der Waals surface area contributed by atoms with Crippen LogP contribution in [0.5, 0.6) is 0 Å². The quantitative estimate of drug-likeness (QED) is 0.806. The second-order valence-corrected chi connectivity index (χ2v) is 5.65. The summed E-state index contributed by atoms with van der Waals surface area (Å²) in [6.45, 7) is 1.17. The molecule has 0 saturated carbocycles. The second kappa shape index (κ2) is 5.31. The number of hydrogen-bond donors (Lipinski definition) is 0. The van der Waals surface area contributed by atoms with Gasteiger partial charge >= 0.3 is 0 Å². The van der Waals surface area contributed by atoms with Crippen LogP contribution in [0.25, 0.3) is 5.65 Å². The molecule has 1 atom stereocenters. The van der Waals surface area contributed by atoms with Crippen molar-refractivity contribution in [1.82, 2.24) is 9.38 Å². The number of fused-ring (bicyclic) bond motifs is 1. The van der Waals surface area contributed by atoms with Gasteiger partial charge in [-0.05, 0) is 37.8 Å². The predicted molar refractivity (Wildman–Crippen MR) is 78.6 cm³/mol. The van der Waals surface area contributed by atoms with Crippen LogP contribution in [-0.4, -0.2) is 27.3 Å². The Morgan fingerprint density at radius 2 is 2.33 bits per heavy atom. The Bertz CT molecular complexity index is 522. The van der Waals surface area contributed by atoms with Crippen molar-refractivity contribution >= 4 is 27.4 Å². The Balaban J connectivity index is 1.90. The van der Waals surface area contributed by atoms with Gasteiger partial charge in [0, 0.05) is 30.3 Å². The van der Waals surface area contributed by atoms with E-state index < -0.39 is 0 Å². The molecule has 1 unspecified atom stereocenters. The third-order valence-electron chi connectivity index (χ3n) is 3.75. The van der Waals surface area contributed by atoms with Crippen molar-refractivity contribution in [3.05, 3.63) is 30.6 Å². The summed E-state index contributed by atoms with van der Waals surface area (Å²) in [6.07, 6.45) is 9.08. The lowest BCUT2D eigenvalue weighted by Crippen LogP contribution is -2.30. The van der Waals surface area contributed by atoms with Gasteiger partial charge in [-0.15, -0.1) is 0 Å². The summed E-state index contributed by atoms with van der Waals surface area (Å²) in [5.74, 6) is 1.29. The third kappa shape index (κ3) is 2.14. The van der Waals surface area contributed by atoms with Gasteiger partial charge < -0.3 is 4.90 Å². The summed E-state index contributed by atoms with van der Waals surface area (Å²) >= 11 is 3.53. The standard InChI is InChI=1S/C14H18BrN3/c15-8-2-4-12-5-3-10-17(12)14-7-1-6-13-16-9-11-18(13)14/h1,6-7,9,11-12H,2-5,8,10H2. The van der Waals surface area contributed by atoms with Crippen LogP contribution in [0.3, 0.4) is 0 Å². The van der Waals surface area contributed by atoms with E-state index in [-0.39, 0.29) is 0 Å². The average Bonchev–Trinajstić information content (AvgIpc) is 3.04. The monoisotopic (exact) mass is 307 g/mol. The van der Waals surface area contributed by atoms with E-state index in [4.69, 9.17) is 0 Å². The van der Waals surface area contributed by atoms with Gasteiger partial charge in [-0.1, -0.05) is 22.0 Å². The maximum Gasteiger partial charge on any atom is 0.138 e. The van der Waals surface area contributed by atoms with E-state index in [1.54, 1.807) is 0 Å². The highest BCUT2D eigenvalue weighted by molar-refractivity contribution is 9.09. The SMILES string of the molecule is BrCCCC1CCCN1c1cccc2nccn12. The lowest BCUT2D eigenvalue weighted by Gasteiger charge is -2.27. The molecule has 18 heavy (non-hydrogen) atoms. The van der Waals surface area contributed by atoms with Crippen molar-refractivity contribution in [2.24, 2.45) is 0 Å². The minimum absolute atomic E-state index is 0.690. The molecule has 3 nitrogen and oxygen atoms in total. The van der Waals surface area contributed by atoms with Gasteiger partial charge in [0.1, 0.15) is 11.5 Å². The van der Waals surface area contributed by atoms with Crippen molar-refractivity contribution < 1.29 is 0 Å². The normalized spacial score (nSPS) is 19.8. The van der Waals surface area contributed by atoms with E-state index in [2.05, 4.69) is 54.6 Å². The first-order valence-corrected chi connectivity index (χ1v) is 7.77. The summed E-state index contributed by atoms with van der Waals surface area (Å²) in [4.78, 5) is 6.92. The van der Waals surface area contributed by atoms with Gasteiger partial charge in [-0.2, -0.15) is 0 Å². The van der Waals surface area contributed by atoms with E-state index in [0.29, 0.717) is 6.04 Å². The molecule has 1 saturated heterocycles. The first-order chi connectivity index (χ1) is 8.90. The van der Waals surface area contributed by atoms with Crippen LogP contribution in [0, 0.1) is 0 Å². The lowest BCUT2D eigenvalue weighted by molar-refractivity contribution is 0.599. The summed E-state index contributed by atoms with van der Waals surface area (Å²) in [5.41, 5.74) is 1.04. The maximum absolute atomic E-state index is 4.37.